The lowest BCUT2D eigenvalue weighted by molar-refractivity contribution is 0.163. The van der Waals surface area contributed by atoms with E-state index in [9.17, 15) is 0 Å². The minimum Gasteiger partial charge on any atom is -0.381 e. The fourth-order valence-electron chi connectivity index (χ4n) is 3.29. The van der Waals surface area contributed by atoms with Crippen LogP contribution in [0.1, 0.15) is 52.0 Å². The summed E-state index contributed by atoms with van der Waals surface area (Å²) in [7, 11) is 0. The lowest BCUT2D eigenvalue weighted by Gasteiger charge is -2.41. The lowest BCUT2D eigenvalue weighted by Crippen LogP contribution is -2.39. The van der Waals surface area contributed by atoms with Gasteiger partial charge in [-0.05, 0) is 48.8 Å². The van der Waals surface area contributed by atoms with Crippen LogP contribution >= 0.6 is 11.6 Å². The molecule has 0 radical (unpaired) electrons. The van der Waals surface area contributed by atoms with Gasteiger partial charge in [-0.15, -0.1) is 0 Å². The lowest BCUT2D eigenvalue weighted by atomic mass is 9.69. The molecule has 2 heteroatoms. The third-order valence-electron chi connectivity index (χ3n) is 4.34. The summed E-state index contributed by atoms with van der Waals surface area (Å²) in [6, 6.07) is 6.77. The predicted molar refractivity (Wildman–Crippen MR) is 85.0 cm³/mol. The van der Waals surface area contributed by atoms with Crippen molar-refractivity contribution in [2.24, 2.45) is 11.3 Å². The highest BCUT2D eigenvalue weighted by atomic mass is 35.5. The maximum atomic E-state index is 6.31. The fourth-order valence-corrected chi connectivity index (χ4v) is 3.46. The summed E-state index contributed by atoms with van der Waals surface area (Å²) in [6.45, 7) is 9.18. The van der Waals surface area contributed by atoms with E-state index in [0.717, 1.165) is 16.6 Å². The molecular formula is C17H26ClN. The van der Waals surface area contributed by atoms with Crippen molar-refractivity contribution in [1.82, 2.24) is 0 Å². The number of halogens is 1. The van der Waals surface area contributed by atoms with E-state index in [2.05, 4.69) is 45.1 Å². The van der Waals surface area contributed by atoms with Crippen molar-refractivity contribution in [3.63, 3.8) is 0 Å². The van der Waals surface area contributed by atoms with E-state index in [1.807, 2.05) is 6.07 Å². The van der Waals surface area contributed by atoms with Gasteiger partial charge < -0.3 is 5.32 Å². The van der Waals surface area contributed by atoms with Crippen LogP contribution in [0.4, 0.5) is 5.69 Å². The Morgan fingerprint density at radius 1 is 1.16 bits per heavy atom. The first kappa shape index (κ1) is 14.7. The first-order valence-electron chi connectivity index (χ1n) is 7.40. The van der Waals surface area contributed by atoms with Gasteiger partial charge >= 0.3 is 0 Å². The van der Waals surface area contributed by atoms with Crippen molar-refractivity contribution in [1.29, 1.82) is 0 Å². The van der Waals surface area contributed by atoms with Crippen molar-refractivity contribution in [3.05, 3.63) is 28.8 Å². The number of rotatable bonds is 2. The highest BCUT2D eigenvalue weighted by molar-refractivity contribution is 6.33. The Labute approximate surface area is 122 Å². The Hall–Kier alpha value is -0.690. The number of aryl methyl sites for hydroxylation is 1. The van der Waals surface area contributed by atoms with Crippen LogP contribution < -0.4 is 5.32 Å². The molecule has 1 aromatic carbocycles. The zero-order valence-electron chi connectivity index (χ0n) is 12.6. The Kier molecular flexibility index (Phi) is 4.45. The molecule has 1 saturated carbocycles. The Bertz CT molecular complexity index is 433. The van der Waals surface area contributed by atoms with Gasteiger partial charge in [0.05, 0.1) is 10.7 Å². The molecule has 1 N–H and O–H groups in total. The van der Waals surface area contributed by atoms with Crippen LogP contribution in [-0.2, 0) is 0 Å². The van der Waals surface area contributed by atoms with Crippen LogP contribution in [0.3, 0.4) is 0 Å². The highest BCUT2D eigenvalue weighted by Gasteiger charge is 2.34. The quantitative estimate of drug-likeness (QED) is 0.736. The van der Waals surface area contributed by atoms with Crippen LogP contribution in [0.15, 0.2) is 18.2 Å². The molecule has 1 aliphatic carbocycles. The zero-order chi connectivity index (χ0) is 14.0. The summed E-state index contributed by atoms with van der Waals surface area (Å²) in [5, 5.41) is 4.55. The van der Waals surface area contributed by atoms with Crippen LogP contribution in [0.5, 0.6) is 0 Å². The number of hydrogen-bond donors (Lipinski definition) is 1. The molecule has 2 atom stereocenters. The molecule has 106 valence electrons. The number of benzene rings is 1. The average molecular weight is 280 g/mol. The standard InChI is InChI=1S/C17H26ClN/c1-12-9-10-14(18)16(11-12)19-15-8-6-5-7-13(15)17(2,3)4/h9-11,13,15,19H,5-8H2,1-4H3. The number of anilines is 1. The molecule has 0 aromatic heterocycles. The van der Waals surface area contributed by atoms with Crippen molar-refractivity contribution in [2.75, 3.05) is 5.32 Å². The fraction of sp³-hybridized carbons (Fsp3) is 0.647. The molecule has 19 heavy (non-hydrogen) atoms. The van der Waals surface area contributed by atoms with Gasteiger partial charge in [-0.2, -0.15) is 0 Å². The summed E-state index contributed by atoms with van der Waals surface area (Å²) < 4.78 is 0. The molecule has 1 nitrogen and oxygen atoms in total. The molecule has 1 fully saturated rings. The Balaban J connectivity index is 2.17. The topological polar surface area (TPSA) is 12.0 Å². The average Bonchev–Trinajstić information content (AvgIpc) is 2.33. The van der Waals surface area contributed by atoms with E-state index in [-0.39, 0.29) is 0 Å². The van der Waals surface area contributed by atoms with Crippen molar-refractivity contribution >= 4 is 17.3 Å². The second-order valence-corrected chi connectivity index (χ2v) is 7.40. The summed E-state index contributed by atoms with van der Waals surface area (Å²) in [5.41, 5.74) is 2.71. The second kappa shape index (κ2) is 5.75. The van der Waals surface area contributed by atoms with Gasteiger partial charge in [0.2, 0.25) is 0 Å². The van der Waals surface area contributed by atoms with Crippen molar-refractivity contribution in [2.45, 2.75) is 59.4 Å². The Morgan fingerprint density at radius 3 is 2.53 bits per heavy atom. The first-order chi connectivity index (χ1) is 8.88. The molecule has 0 aliphatic heterocycles. The smallest absolute Gasteiger partial charge is 0.0637 e. The van der Waals surface area contributed by atoms with E-state index < -0.39 is 0 Å². The van der Waals surface area contributed by atoms with E-state index in [1.54, 1.807) is 0 Å². The van der Waals surface area contributed by atoms with Crippen molar-refractivity contribution in [3.8, 4) is 0 Å². The van der Waals surface area contributed by atoms with Gasteiger partial charge in [0.1, 0.15) is 0 Å². The summed E-state index contributed by atoms with van der Waals surface area (Å²) in [5.74, 6) is 0.720. The molecule has 0 amide bonds. The molecular weight excluding hydrogens is 254 g/mol. The van der Waals surface area contributed by atoms with Gasteiger partial charge in [0, 0.05) is 6.04 Å². The van der Waals surface area contributed by atoms with E-state index in [1.165, 1.54) is 31.2 Å². The largest absolute Gasteiger partial charge is 0.381 e. The third kappa shape index (κ3) is 3.66. The summed E-state index contributed by atoms with van der Waals surface area (Å²) in [6.07, 6.45) is 5.27. The predicted octanol–water partition coefficient (Wildman–Crippen LogP) is 5.67. The van der Waals surface area contributed by atoms with Gasteiger partial charge in [-0.3, -0.25) is 0 Å². The number of nitrogens with one attached hydrogen (secondary N) is 1. The third-order valence-corrected chi connectivity index (χ3v) is 4.67. The van der Waals surface area contributed by atoms with Crippen LogP contribution in [0.25, 0.3) is 0 Å². The van der Waals surface area contributed by atoms with Crippen LogP contribution in [0.2, 0.25) is 5.02 Å². The molecule has 1 aliphatic rings. The molecule has 1 aromatic rings. The maximum absolute atomic E-state index is 6.31. The van der Waals surface area contributed by atoms with E-state index >= 15 is 0 Å². The minimum absolute atomic E-state index is 0.356. The summed E-state index contributed by atoms with van der Waals surface area (Å²) >= 11 is 6.31. The van der Waals surface area contributed by atoms with Crippen LogP contribution in [-0.4, -0.2) is 6.04 Å². The number of hydrogen-bond acceptors (Lipinski definition) is 1. The molecule has 0 bridgehead atoms. The van der Waals surface area contributed by atoms with E-state index in [0.29, 0.717) is 11.5 Å². The van der Waals surface area contributed by atoms with Gasteiger partial charge in [0.25, 0.3) is 0 Å². The van der Waals surface area contributed by atoms with Crippen molar-refractivity contribution < 1.29 is 0 Å². The molecule has 2 unspecified atom stereocenters. The minimum atomic E-state index is 0.356. The van der Waals surface area contributed by atoms with Gasteiger partial charge in [-0.25, -0.2) is 0 Å². The van der Waals surface area contributed by atoms with Gasteiger partial charge in [-0.1, -0.05) is 51.3 Å². The molecule has 0 heterocycles. The molecule has 2 rings (SSSR count). The molecule has 0 spiro atoms. The first-order valence-corrected chi connectivity index (χ1v) is 7.78. The Morgan fingerprint density at radius 2 is 1.84 bits per heavy atom. The van der Waals surface area contributed by atoms with E-state index in [4.69, 9.17) is 11.6 Å². The second-order valence-electron chi connectivity index (χ2n) is 6.99. The summed E-state index contributed by atoms with van der Waals surface area (Å²) in [4.78, 5) is 0. The molecule has 0 saturated heterocycles. The monoisotopic (exact) mass is 279 g/mol. The highest BCUT2D eigenvalue weighted by Crippen LogP contribution is 2.40. The maximum Gasteiger partial charge on any atom is 0.0637 e. The van der Waals surface area contributed by atoms with Crippen LogP contribution in [0, 0.1) is 18.3 Å². The normalized spacial score (nSPS) is 24.3. The van der Waals surface area contributed by atoms with Gasteiger partial charge in [0.15, 0.2) is 0 Å². The zero-order valence-corrected chi connectivity index (χ0v) is 13.3. The SMILES string of the molecule is Cc1ccc(Cl)c(NC2CCCCC2C(C)(C)C)c1.